The zero-order chi connectivity index (χ0) is 13.4. The van der Waals surface area contributed by atoms with Crippen molar-refractivity contribution in [3.8, 4) is 11.5 Å². The summed E-state index contributed by atoms with van der Waals surface area (Å²) in [7, 11) is -0.441. The van der Waals surface area contributed by atoms with Gasteiger partial charge in [0.15, 0.2) is 11.5 Å². The third-order valence-electron chi connectivity index (χ3n) is 1.78. The zero-order valence-corrected chi connectivity index (χ0v) is 9.28. The van der Waals surface area contributed by atoms with Crippen LogP contribution in [0.5, 0.6) is 11.5 Å². The van der Waals surface area contributed by atoms with Crippen LogP contribution in [0.3, 0.4) is 0 Å². The van der Waals surface area contributed by atoms with Gasteiger partial charge in [0.05, 0.1) is 6.10 Å². The second-order valence-corrected chi connectivity index (χ2v) is 3.17. The summed E-state index contributed by atoms with van der Waals surface area (Å²) >= 11 is 0. The van der Waals surface area contributed by atoms with Crippen molar-refractivity contribution in [2.45, 2.75) is 6.10 Å². The molecule has 0 aliphatic carbocycles. The Morgan fingerprint density at radius 2 is 1.71 bits per heavy atom. The van der Waals surface area contributed by atoms with Gasteiger partial charge in [-0.15, -0.1) is 0 Å². The van der Waals surface area contributed by atoms with Crippen molar-refractivity contribution in [1.29, 1.82) is 0 Å². The van der Waals surface area contributed by atoms with E-state index in [0.29, 0.717) is 12.1 Å². The van der Waals surface area contributed by atoms with Crippen LogP contribution in [-0.4, -0.2) is 51.3 Å². The molecule has 1 unspecified atom stereocenters. The maximum atomic E-state index is 9.48. The number of aliphatic hydroxyl groups excluding tert-OH is 1. The lowest BCUT2D eigenvalue weighted by Gasteiger charge is -2.10. The van der Waals surface area contributed by atoms with Crippen LogP contribution in [0.25, 0.3) is 0 Å². The molecule has 8 heteroatoms. The molecule has 0 aromatic heterocycles. The van der Waals surface area contributed by atoms with Gasteiger partial charge in [0.2, 0.25) is 0 Å². The number of aromatic hydroxyl groups is 2. The molecule has 0 spiro atoms. The summed E-state index contributed by atoms with van der Waals surface area (Å²) in [4.78, 5) is 0. The van der Waals surface area contributed by atoms with E-state index in [1.54, 1.807) is 13.1 Å². The van der Waals surface area contributed by atoms with Crippen molar-refractivity contribution in [1.82, 2.24) is 5.32 Å². The molecule has 1 aromatic rings. The minimum absolute atomic E-state index is 0.180. The van der Waals surface area contributed by atoms with Gasteiger partial charge in [-0.3, -0.25) is 0 Å². The number of nitrogens with one attached hydrogen (secondary N) is 1. The highest BCUT2D eigenvalue weighted by atomic mass is 16.5. The first-order valence-electron chi connectivity index (χ1n) is 4.77. The first kappa shape index (κ1) is 15.7. The highest BCUT2D eigenvalue weighted by Crippen LogP contribution is 2.27. The quantitative estimate of drug-likeness (QED) is 0.249. The van der Waals surface area contributed by atoms with Gasteiger partial charge in [-0.25, -0.2) is 0 Å². The first-order valence-corrected chi connectivity index (χ1v) is 4.77. The molecule has 1 rings (SSSR count). The summed E-state index contributed by atoms with van der Waals surface area (Å²) in [6, 6.07) is 4.26. The van der Waals surface area contributed by atoms with Gasteiger partial charge in [-0.2, -0.15) is 0 Å². The lowest BCUT2D eigenvalue weighted by molar-refractivity contribution is 0.177. The largest absolute Gasteiger partial charge is 0.631 e. The van der Waals surface area contributed by atoms with Crippen LogP contribution in [0.1, 0.15) is 11.7 Å². The lowest BCUT2D eigenvalue weighted by Crippen LogP contribution is -2.16. The number of hydrogen-bond acceptors (Lipinski definition) is 7. The molecule has 96 valence electrons. The number of likely N-dealkylation sites (N-methyl/N-ethyl adjacent to an activating group) is 1. The van der Waals surface area contributed by atoms with E-state index >= 15 is 0 Å². The number of benzene rings is 1. The second kappa shape index (κ2) is 7.88. The van der Waals surface area contributed by atoms with E-state index < -0.39 is 13.4 Å². The van der Waals surface area contributed by atoms with Crippen LogP contribution in [0.15, 0.2) is 18.2 Å². The third-order valence-corrected chi connectivity index (χ3v) is 1.78. The van der Waals surface area contributed by atoms with E-state index in [-0.39, 0.29) is 11.5 Å². The van der Waals surface area contributed by atoms with Gasteiger partial charge in [0.25, 0.3) is 0 Å². The molecule has 0 fully saturated rings. The molecule has 7 nitrogen and oxygen atoms in total. The summed E-state index contributed by atoms with van der Waals surface area (Å²) in [5.74, 6) is -0.395. The number of phenolic OH excluding ortho intramolecular Hbond substituents is 2. The molecule has 0 aliphatic rings. The van der Waals surface area contributed by atoms with Crippen LogP contribution in [-0.2, 0) is 0 Å². The average molecular weight is 245 g/mol. The van der Waals surface area contributed by atoms with Crippen LogP contribution in [0, 0.1) is 0 Å². The molecule has 0 aliphatic heterocycles. The molecular formula is C9H16BNO6. The molecule has 17 heavy (non-hydrogen) atoms. The first-order chi connectivity index (χ1) is 7.88. The topological polar surface area (TPSA) is 133 Å². The molecule has 1 aromatic carbocycles. The summed E-state index contributed by atoms with van der Waals surface area (Å²) in [5, 5.41) is 51.9. The summed E-state index contributed by atoms with van der Waals surface area (Å²) in [5.41, 5.74) is 0.574. The van der Waals surface area contributed by atoms with Crippen molar-refractivity contribution >= 4 is 7.32 Å². The Labute approximate surface area is 98.8 Å². The molecule has 0 saturated carbocycles. The van der Waals surface area contributed by atoms with Crippen molar-refractivity contribution in [3.63, 3.8) is 0 Å². The van der Waals surface area contributed by atoms with Crippen LogP contribution < -0.4 is 5.32 Å². The average Bonchev–Trinajstić information content (AvgIpc) is 2.21. The minimum Gasteiger partial charge on any atom is -0.504 e. The number of phenols is 2. The van der Waals surface area contributed by atoms with E-state index in [1.807, 2.05) is 0 Å². The van der Waals surface area contributed by atoms with Gasteiger partial charge >= 0.3 is 7.32 Å². The summed E-state index contributed by atoms with van der Waals surface area (Å²) in [6.45, 7) is 0.407. The monoisotopic (exact) mass is 245 g/mol. The SMILES string of the molecule is CNCC(O)c1ccc(O)c(O)c1.OB(O)O. The Hall–Kier alpha value is -1.32. The Kier molecular flexibility index (Phi) is 7.27. The van der Waals surface area contributed by atoms with Crippen LogP contribution in [0.2, 0.25) is 0 Å². The van der Waals surface area contributed by atoms with E-state index in [9.17, 15) is 5.11 Å². The lowest BCUT2D eigenvalue weighted by atomic mass is 10.1. The molecule has 0 radical (unpaired) electrons. The van der Waals surface area contributed by atoms with E-state index in [1.165, 1.54) is 12.1 Å². The third kappa shape index (κ3) is 6.77. The summed E-state index contributed by atoms with van der Waals surface area (Å²) in [6.07, 6.45) is -0.670. The van der Waals surface area contributed by atoms with Crippen molar-refractivity contribution in [2.24, 2.45) is 0 Å². The number of hydrogen-bond donors (Lipinski definition) is 7. The van der Waals surface area contributed by atoms with Gasteiger partial charge in [0.1, 0.15) is 0 Å². The second-order valence-electron chi connectivity index (χ2n) is 3.17. The zero-order valence-electron chi connectivity index (χ0n) is 9.28. The van der Waals surface area contributed by atoms with Crippen LogP contribution >= 0.6 is 0 Å². The minimum atomic E-state index is -2.17. The van der Waals surface area contributed by atoms with Crippen molar-refractivity contribution in [2.75, 3.05) is 13.6 Å². The highest BCUT2D eigenvalue weighted by molar-refractivity contribution is 6.30. The van der Waals surface area contributed by atoms with Gasteiger partial charge < -0.3 is 35.7 Å². The van der Waals surface area contributed by atoms with E-state index in [4.69, 9.17) is 25.3 Å². The Morgan fingerprint density at radius 1 is 1.18 bits per heavy atom. The summed E-state index contributed by atoms with van der Waals surface area (Å²) < 4.78 is 0. The predicted molar refractivity (Wildman–Crippen MR) is 61.1 cm³/mol. The van der Waals surface area contributed by atoms with Gasteiger partial charge in [0, 0.05) is 6.54 Å². The molecule has 0 bridgehead atoms. The molecular weight excluding hydrogens is 229 g/mol. The Morgan fingerprint density at radius 3 is 2.12 bits per heavy atom. The molecule has 0 saturated heterocycles. The fraction of sp³-hybridized carbons (Fsp3) is 0.333. The van der Waals surface area contributed by atoms with E-state index in [2.05, 4.69) is 5.32 Å². The fourth-order valence-electron chi connectivity index (χ4n) is 1.06. The maximum Gasteiger partial charge on any atom is 0.631 e. The molecule has 0 amide bonds. The standard InChI is InChI=1S/C9H13NO3.BH3O3/c1-10-5-9(13)6-2-3-7(11)8(12)4-6;2-1(3)4/h2-4,9-13H,5H2,1H3;2-4H. The predicted octanol–water partition coefficient (Wildman–Crippen LogP) is -1.70. The number of rotatable bonds is 3. The Balaban J connectivity index is 0.000000557. The van der Waals surface area contributed by atoms with Crippen molar-refractivity contribution in [3.05, 3.63) is 23.8 Å². The van der Waals surface area contributed by atoms with Gasteiger partial charge in [-0.05, 0) is 24.7 Å². The normalized spacial score (nSPS) is 11.4. The van der Waals surface area contributed by atoms with Crippen LogP contribution in [0.4, 0.5) is 0 Å². The number of aliphatic hydroxyl groups is 1. The maximum absolute atomic E-state index is 9.48. The molecule has 1 atom stereocenters. The Bertz CT molecular complexity index is 333. The fourth-order valence-corrected chi connectivity index (χ4v) is 1.06. The van der Waals surface area contributed by atoms with Gasteiger partial charge in [-0.1, -0.05) is 6.07 Å². The van der Waals surface area contributed by atoms with E-state index in [0.717, 1.165) is 0 Å². The molecule has 7 N–H and O–H groups in total. The van der Waals surface area contributed by atoms with Crippen molar-refractivity contribution < 1.29 is 30.4 Å². The smallest absolute Gasteiger partial charge is 0.504 e. The molecule has 0 heterocycles. The highest BCUT2D eigenvalue weighted by Gasteiger charge is 2.08.